The lowest BCUT2D eigenvalue weighted by Crippen LogP contribution is -2.51. The van der Waals surface area contributed by atoms with Crippen molar-refractivity contribution in [2.45, 2.75) is 89.9 Å². The van der Waals surface area contributed by atoms with E-state index >= 15 is 0 Å². The van der Waals surface area contributed by atoms with Crippen molar-refractivity contribution in [2.24, 2.45) is 11.7 Å². The summed E-state index contributed by atoms with van der Waals surface area (Å²) in [7, 11) is 1.29. The Morgan fingerprint density at radius 2 is 1.30 bits per heavy atom. The minimum Gasteiger partial charge on any atom is -0.453 e. The normalized spacial score (nSPS) is 18.1. The molecule has 4 aromatic rings. The molecule has 4 atom stereocenters. The molecule has 286 valence electrons. The Balaban J connectivity index is 1.10. The molecule has 5 N–H and O–H groups in total. The van der Waals surface area contributed by atoms with Gasteiger partial charge >= 0.3 is 12.2 Å². The van der Waals surface area contributed by atoms with Crippen LogP contribution in [0.15, 0.2) is 60.9 Å². The van der Waals surface area contributed by atoms with Gasteiger partial charge in [0.05, 0.1) is 43.0 Å². The zero-order chi connectivity index (χ0) is 38.4. The lowest BCUT2D eigenvalue weighted by molar-refractivity contribution is -0.141. The van der Waals surface area contributed by atoms with Gasteiger partial charge in [0.25, 0.3) is 5.91 Å². The number of unbranched alkanes of at least 4 members (excludes halogenated alkanes) is 1. The average Bonchev–Trinajstić information content (AvgIpc) is 4.01. The van der Waals surface area contributed by atoms with E-state index in [0.29, 0.717) is 25.3 Å². The summed E-state index contributed by atoms with van der Waals surface area (Å²) in [6.45, 7) is 6.97. The summed E-state index contributed by atoms with van der Waals surface area (Å²) in [5.41, 5.74) is 11.0. The number of nitrogens with one attached hydrogen (secondary N) is 3. The summed E-state index contributed by atoms with van der Waals surface area (Å²) < 4.78 is 9.95. The Morgan fingerprint density at radius 3 is 1.74 bits per heavy atom. The van der Waals surface area contributed by atoms with Crippen molar-refractivity contribution in [3.63, 3.8) is 0 Å². The molecule has 0 aliphatic carbocycles. The number of hydrogen-bond donors (Lipinski definition) is 4. The molecular weight excluding hydrogens is 688 g/mol. The maximum Gasteiger partial charge on any atom is 0.407 e. The predicted octanol–water partition coefficient (Wildman–Crippen LogP) is 6.50. The van der Waals surface area contributed by atoms with Crippen LogP contribution in [-0.4, -0.2) is 86.1 Å². The summed E-state index contributed by atoms with van der Waals surface area (Å²) >= 11 is 0. The fourth-order valence-corrected chi connectivity index (χ4v) is 7.44. The molecule has 2 aliphatic heterocycles. The number of carbonyl (C=O) groups excluding carboxylic acids is 4. The van der Waals surface area contributed by atoms with Crippen molar-refractivity contribution >= 4 is 24.0 Å². The van der Waals surface area contributed by atoms with Gasteiger partial charge in [0.2, 0.25) is 5.91 Å². The van der Waals surface area contributed by atoms with Crippen molar-refractivity contribution in [1.29, 1.82) is 0 Å². The van der Waals surface area contributed by atoms with Crippen LogP contribution >= 0.6 is 0 Å². The number of ether oxygens (including phenoxy) is 2. The fourth-order valence-electron chi connectivity index (χ4n) is 7.44. The molecule has 14 nitrogen and oxygen atoms in total. The van der Waals surface area contributed by atoms with Gasteiger partial charge in [-0.15, -0.1) is 0 Å². The van der Waals surface area contributed by atoms with E-state index in [1.807, 2.05) is 45.0 Å². The fraction of sp³-hybridized carbons (Fsp3) is 0.450. The number of alkyl carbamates (subject to hydrolysis) is 1. The molecule has 14 heteroatoms. The van der Waals surface area contributed by atoms with Gasteiger partial charge in [0.15, 0.2) is 6.10 Å². The monoisotopic (exact) mass is 738 g/mol. The van der Waals surface area contributed by atoms with Crippen molar-refractivity contribution < 1.29 is 28.7 Å². The quantitative estimate of drug-likeness (QED) is 0.120. The number of H-pyrrole nitrogens is 2. The van der Waals surface area contributed by atoms with Crippen molar-refractivity contribution in [3.05, 3.63) is 72.6 Å². The predicted molar refractivity (Wildman–Crippen MR) is 203 cm³/mol. The Kier molecular flexibility index (Phi) is 12.0. The number of nitrogens with zero attached hydrogens (tertiary/aromatic N) is 4. The van der Waals surface area contributed by atoms with Crippen LogP contribution in [0.25, 0.3) is 33.6 Å². The zero-order valence-electron chi connectivity index (χ0n) is 31.3. The summed E-state index contributed by atoms with van der Waals surface area (Å²) in [5, 5.41) is 2.69. The van der Waals surface area contributed by atoms with E-state index < -0.39 is 24.3 Å². The maximum absolute atomic E-state index is 13.5. The van der Waals surface area contributed by atoms with Gasteiger partial charge < -0.3 is 40.3 Å². The summed E-state index contributed by atoms with van der Waals surface area (Å²) in [6.07, 6.45) is 6.41. The minimum absolute atomic E-state index is 0.105. The van der Waals surface area contributed by atoms with Crippen LogP contribution in [0.5, 0.6) is 0 Å². The molecule has 0 spiro atoms. The van der Waals surface area contributed by atoms with Gasteiger partial charge in [-0.1, -0.05) is 75.7 Å². The van der Waals surface area contributed by atoms with Gasteiger partial charge in [-0.2, -0.15) is 0 Å². The smallest absolute Gasteiger partial charge is 0.407 e. The first-order valence-corrected chi connectivity index (χ1v) is 18.8. The van der Waals surface area contributed by atoms with Gasteiger partial charge in [-0.05, 0) is 66.7 Å². The third-order valence-corrected chi connectivity index (χ3v) is 10.4. The van der Waals surface area contributed by atoms with E-state index in [2.05, 4.69) is 49.5 Å². The van der Waals surface area contributed by atoms with E-state index in [9.17, 15) is 19.2 Å². The highest BCUT2D eigenvalue weighted by molar-refractivity contribution is 5.86. The third kappa shape index (κ3) is 8.42. The summed E-state index contributed by atoms with van der Waals surface area (Å²) in [6, 6.07) is 15.3. The SMILES string of the molecule is CCCC[C@H](OC(N)=O)C(=O)N1CCC[C@H]1c1ncc(-c2ccc(-c3ccc(-c4cnc(C5CCCN5C(=O)[C@@H](NC(=O)OC)C(C)C)[nH]4)cc3)cc2)[nH]1. The van der Waals surface area contributed by atoms with Crippen LogP contribution < -0.4 is 11.1 Å². The number of nitrogens with two attached hydrogens (primary N) is 1. The average molecular weight is 739 g/mol. The lowest BCUT2D eigenvalue weighted by atomic mass is 10.0. The highest BCUT2D eigenvalue weighted by Gasteiger charge is 2.38. The van der Waals surface area contributed by atoms with E-state index in [0.717, 1.165) is 78.0 Å². The molecule has 0 saturated carbocycles. The number of carbonyl (C=O) groups is 4. The van der Waals surface area contributed by atoms with Gasteiger partial charge in [0.1, 0.15) is 17.7 Å². The number of methoxy groups -OCH3 is 1. The highest BCUT2D eigenvalue weighted by Crippen LogP contribution is 2.35. The Labute approximate surface area is 315 Å². The minimum atomic E-state index is -0.942. The van der Waals surface area contributed by atoms with E-state index in [-0.39, 0.29) is 29.8 Å². The number of amides is 4. The number of benzene rings is 2. The lowest BCUT2D eigenvalue weighted by Gasteiger charge is -2.30. The van der Waals surface area contributed by atoms with Crippen LogP contribution in [0, 0.1) is 5.92 Å². The molecule has 2 aromatic heterocycles. The number of primary amides is 1. The van der Waals surface area contributed by atoms with Crippen LogP contribution in [-0.2, 0) is 19.1 Å². The molecule has 2 aliphatic rings. The first-order valence-electron chi connectivity index (χ1n) is 18.8. The van der Waals surface area contributed by atoms with E-state index in [4.69, 9.17) is 15.2 Å². The Hall–Kier alpha value is -5.66. The van der Waals surface area contributed by atoms with Crippen molar-refractivity contribution in [2.75, 3.05) is 20.2 Å². The number of imidazole rings is 2. The molecule has 2 aromatic carbocycles. The van der Waals surface area contributed by atoms with Crippen molar-refractivity contribution in [3.8, 4) is 33.6 Å². The molecule has 54 heavy (non-hydrogen) atoms. The van der Waals surface area contributed by atoms with Gasteiger partial charge in [-0.3, -0.25) is 9.59 Å². The Bertz CT molecular complexity index is 1920. The maximum atomic E-state index is 13.5. The topological polar surface area (TPSA) is 189 Å². The van der Waals surface area contributed by atoms with E-state index in [1.165, 1.54) is 7.11 Å². The molecule has 6 rings (SSSR count). The molecule has 2 fully saturated rings. The van der Waals surface area contributed by atoms with Crippen LogP contribution in [0.4, 0.5) is 9.59 Å². The Morgan fingerprint density at radius 1 is 0.815 bits per heavy atom. The second-order valence-electron chi connectivity index (χ2n) is 14.3. The van der Waals surface area contributed by atoms with Gasteiger partial charge in [-0.25, -0.2) is 19.6 Å². The second-order valence-corrected chi connectivity index (χ2v) is 14.3. The molecule has 0 radical (unpaired) electrons. The number of hydrogen-bond acceptors (Lipinski definition) is 8. The molecule has 0 bridgehead atoms. The summed E-state index contributed by atoms with van der Waals surface area (Å²) in [4.78, 5) is 70.1. The molecule has 4 amide bonds. The molecule has 2 saturated heterocycles. The zero-order valence-corrected chi connectivity index (χ0v) is 31.3. The van der Waals surface area contributed by atoms with Crippen molar-refractivity contribution in [1.82, 2.24) is 35.1 Å². The first kappa shape index (κ1) is 38.1. The second kappa shape index (κ2) is 17.0. The molecule has 1 unspecified atom stereocenters. The molecular formula is C40H50N8O6. The number of aromatic amines is 2. The van der Waals surface area contributed by atoms with Crippen LogP contribution in [0.3, 0.4) is 0 Å². The number of aromatic nitrogens is 4. The van der Waals surface area contributed by atoms with E-state index in [1.54, 1.807) is 22.2 Å². The first-order chi connectivity index (χ1) is 26.1. The highest BCUT2D eigenvalue weighted by atomic mass is 16.6. The number of likely N-dealkylation sites (tertiary alicyclic amines) is 2. The largest absolute Gasteiger partial charge is 0.453 e. The number of rotatable bonds is 13. The summed E-state index contributed by atoms with van der Waals surface area (Å²) in [5.74, 6) is 0.944. The van der Waals surface area contributed by atoms with Crippen LogP contribution in [0.1, 0.15) is 89.4 Å². The van der Waals surface area contributed by atoms with Gasteiger partial charge in [0, 0.05) is 13.1 Å². The standard InChI is InChI=1S/C40H50N8O6/c1-5-6-11-33(54-39(41)51)37(49)47-20-7-9-31(47)35-42-22-29(44-35)27-16-12-25(13-17-27)26-14-18-28(19-15-26)30-23-43-36(45-30)32-10-8-21-48(32)38(50)34(24(2)3)46-40(52)53-4/h12-19,22-24,31-34H,5-11,20-21H2,1-4H3,(H2,41,51)(H,42,44)(H,43,45)(H,46,52)/t31-,32?,33-,34-/m0/s1. The molecule has 4 heterocycles. The van der Waals surface area contributed by atoms with Crippen LogP contribution in [0.2, 0.25) is 0 Å². The third-order valence-electron chi connectivity index (χ3n) is 10.4.